The zero-order valence-corrected chi connectivity index (χ0v) is 13.1. The number of anilines is 1. The molecule has 3 rings (SSSR count). The maximum atomic E-state index is 11.5. The molecule has 1 aromatic heterocycles. The molecule has 0 aliphatic carbocycles. The molecule has 4 nitrogen and oxygen atoms in total. The van der Waals surface area contributed by atoms with Gasteiger partial charge in [-0.3, -0.25) is 4.90 Å². The van der Waals surface area contributed by atoms with Gasteiger partial charge in [0.05, 0.1) is 6.04 Å². The Balaban J connectivity index is 2.11. The highest BCUT2D eigenvalue weighted by Crippen LogP contribution is 2.33. The first kappa shape index (κ1) is 14.6. The van der Waals surface area contributed by atoms with Crippen molar-refractivity contribution in [3.8, 4) is 0 Å². The van der Waals surface area contributed by atoms with E-state index in [0.29, 0.717) is 5.69 Å². The van der Waals surface area contributed by atoms with E-state index in [4.69, 9.17) is 0 Å². The lowest BCUT2D eigenvalue weighted by atomic mass is 9.97. The van der Waals surface area contributed by atoms with Gasteiger partial charge in [0.15, 0.2) is 0 Å². The van der Waals surface area contributed by atoms with E-state index in [9.17, 15) is 5.21 Å². The topological polar surface area (TPSA) is 45.3 Å². The van der Waals surface area contributed by atoms with E-state index < -0.39 is 0 Å². The highest BCUT2D eigenvalue weighted by Gasteiger charge is 2.19. The molecular formula is C18H20N3O-. The van der Waals surface area contributed by atoms with E-state index in [2.05, 4.69) is 48.2 Å². The van der Waals surface area contributed by atoms with Gasteiger partial charge in [0.25, 0.3) is 0 Å². The Kier molecular flexibility index (Phi) is 3.88. The molecule has 1 heterocycles. The molecule has 0 fully saturated rings. The molecule has 1 N–H and O–H groups in total. The first-order chi connectivity index (χ1) is 10.6. The first-order valence-electron chi connectivity index (χ1n) is 7.31. The van der Waals surface area contributed by atoms with Crippen molar-refractivity contribution in [1.29, 1.82) is 0 Å². The van der Waals surface area contributed by atoms with Crippen LogP contribution in [-0.4, -0.2) is 31.0 Å². The van der Waals surface area contributed by atoms with E-state index in [-0.39, 0.29) is 6.04 Å². The van der Waals surface area contributed by atoms with Gasteiger partial charge in [-0.25, -0.2) is 0 Å². The van der Waals surface area contributed by atoms with Crippen LogP contribution in [0.5, 0.6) is 0 Å². The van der Waals surface area contributed by atoms with Crippen molar-refractivity contribution in [2.24, 2.45) is 0 Å². The van der Waals surface area contributed by atoms with Crippen molar-refractivity contribution in [2.45, 2.75) is 6.04 Å². The number of H-pyrrole nitrogens is 1. The molecule has 0 saturated carbocycles. The smallest absolute Gasteiger partial charge is 0.0617 e. The van der Waals surface area contributed by atoms with Crippen LogP contribution in [0.2, 0.25) is 0 Å². The number of benzene rings is 2. The van der Waals surface area contributed by atoms with Crippen molar-refractivity contribution in [2.75, 3.05) is 26.2 Å². The van der Waals surface area contributed by atoms with Crippen LogP contribution in [-0.2, 0) is 0 Å². The number of fused-ring (bicyclic) bond motifs is 1. The molecule has 0 aliphatic rings. The Labute approximate surface area is 130 Å². The van der Waals surface area contributed by atoms with E-state index in [1.54, 1.807) is 0 Å². The van der Waals surface area contributed by atoms with Crippen molar-refractivity contribution >= 4 is 16.6 Å². The quantitative estimate of drug-likeness (QED) is 0.745. The number of hydrogen-bond acceptors (Lipinski definition) is 3. The summed E-state index contributed by atoms with van der Waals surface area (Å²) in [5, 5.41) is 13.5. The van der Waals surface area contributed by atoms with Gasteiger partial charge in [-0.15, -0.1) is 0 Å². The lowest BCUT2D eigenvalue weighted by molar-refractivity contribution is 0.344. The van der Waals surface area contributed by atoms with Gasteiger partial charge in [0.1, 0.15) is 0 Å². The van der Waals surface area contributed by atoms with Crippen LogP contribution in [0.4, 0.5) is 5.69 Å². The normalized spacial score (nSPS) is 12.8. The van der Waals surface area contributed by atoms with Crippen molar-refractivity contribution in [1.82, 2.24) is 9.88 Å². The van der Waals surface area contributed by atoms with Gasteiger partial charge in [-0.2, -0.15) is 0 Å². The minimum Gasteiger partial charge on any atom is -0.758 e. The third kappa shape index (κ3) is 2.58. The molecule has 1 atom stereocenters. The maximum absolute atomic E-state index is 11.5. The molecular weight excluding hydrogens is 274 g/mol. The zero-order valence-electron chi connectivity index (χ0n) is 13.1. The van der Waals surface area contributed by atoms with Gasteiger partial charge in [-0.1, -0.05) is 36.4 Å². The van der Waals surface area contributed by atoms with Gasteiger partial charge >= 0.3 is 0 Å². The third-order valence-electron chi connectivity index (χ3n) is 3.99. The van der Waals surface area contributed by atoms with Gasteiger partial charge in [0.2, 0.25) is 0 Å². The largest absolute Gasteiger partial charge is 0.758 e. The van der Waals surface area contributed by atoms with Crippen LogP contribution >= 0.6 is 0 Å². The van der Waals surface area contributed by atoms with Crippen LogP contribution in [0.15, 0.2) is 54.7 Å². The monoisotopic (exact) mass is 294 g/mol. The predicted molar refractivity (Wildman–Crippen MR) is 92.0 cm³/mol. The number of aromatic amines is 1. The fraction of sp³-hybridized carbons (Fsp3) is 0.222. The lowest BCUT2D eigenvalue weighted by Crippen LogP contribution is -2.20. The van der Waals surface area contributed by atoms with Crippen molar-refractivity contribution in [3.63, 3.8) is 0 Å². The second kappa shape index (κ2) is 5.83. The fourth-order valence-corrected chi connectivity index (χ4v) is 2.95. The maximum Gasteiger partial charge on any atom is 0.0617 e. The Morgan fingerprint density at radius 3 is 2.36 bits per heavy atom. The number of nitrogens with zero attached hydrogens (tertiary/aromatic N) is 2. The Morgan fingerprint density at radius 1 is 1.00 bits per heavy atom. The predicted octanol–water partition coefficient (Wildman–Crippen LogP) is 3.75. The summed E-state index contributed by atoms with van der Waals surface area (Å²) < 4.78 is 0. The molecule has 22 heavy (non-hydrogen) atoms. The molecule has 0 bridgehead atoms. The summed E-state index contributed by atoms with van der Waals surface area (Å²) >= 11 is 0. The summed E-state index contributed by atoms with van der Waals surface area (Å²) in [7, 11) is 5.67. The summed E-state index contributed by atoms with van der Waals surface area (Å²) in [6.07, 6.45) is 2.04. The summed E-state index contributed by atoms with van der Waals surface area (Å²) in [5.41, 5.74) is 4.10. The number of rotatable bonds is 4. The van der Waals surface area contributed by atoms with E-state index in [0.717, 1.165) is 16.0 Å². The molecule has 0 spiro atoms. The minimum atomic E-state index is 0.172. The number of hydroxylamine groups is 1. The summed E-state index contributed by atoms with van der Waals surface area (Å²) in [6.45, 7) is 0. The fourth-order valence-electron chi connectivity index (χ4n) is 2.95. The Hall–Kier alpha value is -2.30. The van der Waals surface area contributed by atoms with Gasteiger partial charge < -0.3 is 15.3 Å². The average molecular weight is 294 g/mol. The van der Waals surface area contributed by atoms with Crippen LogP contribution < -0.4 is 5.06 Å². The van der Waals surface area contributed by atoms with Crippen LogP contribution in [0, 0.1) is 5.21 Å². The second-order valence-electron chi connectivity index (χ2n) is 5.75. The zero-order chi connectivity index (χ0) is 15.7. The highest BCUT2D eigenvalue weighted by molar-refractivity contribution is 5.87. The number of hydrogen-bond donors (Lipinski definition) is 1. The molecule has 0 saturated heterocycles. The highest BCUT2D eigenvalue weighted by atomic mass is 16.5. The lowest BCUT2D eigenvalue weighted by Gasteiger charge is -2.26. The SMILES string of the molecule is CN([O-])c1ccc2c(C(c3ccccc3)N(C)C)c[nH]c2c1. The van der Waals surface area contributed by atoms with E-state index in [1.165, 1.54) is 18.2 Å². The molecule has 0 amide bonds. The molecule has 4 heteroatoms. The molecule has 3 aromatic rings. The van der Waals surface area contributed by atoms with Gasteiger partial charge in [0, 0.05) is 22.8 Å². The molecule has 114 valence electrons. The number of aromatic nitrogens is 1. The first-order valence-corrected chi connectivity index (χ1v) is 7.31. The standard InChI is InChI=1S/C18H20N3O/c1-20(2)18(13-7-5-4-6-8-13)16-12-19-17-11-14(21(3)22)9-10-15(16)17/h4-12,18-19H,1-3H3/q-1. The Bertz CT molecular complexity index is 762. The molecule has 2 aromatic carbocycles. The minimum absolute atomic E-state index is 0.172. The van der Waals surface area contributed by atoms with Gasteiger partial charge in [-0.05, 0) is 44.4 Å². The summed E-state index contributed by atoms with van der Waals surface area (Å²) in [5.74, 6) is 0. The molecule has 1 unspecified atom stereocenters. The van der Waals surface area contributed by atoms with Crippen LogP contribution in [0.3, 0.4) is 0 Å². The van der Waals surface area contributed by atoms with E-state index in [1.807, 2.05) is 30.5 Å². The van der Waals surface area contributed by atoms with Crippen molar-refractivity contribution in [3.05, 3.63) is 71.1 Å². The third-order valence-corrected chi connectivity index (χ3v) is 3.99. The van der Waals surface area contributed by atoms with E-state index >= 15 is 0 Å². The van der Waals surface area contributed by atoms with Crippen molar-refractivity contribution < 1.29 is 0 Å². The number of nitrogens with one attached hydrogen (secondary N) is 1. The average Bonchev–Trinajstić information content (AvgIpc) is 2.91. The summed E-state index contributed by atoms with van der Waals surface area (Å²) in [4.78, 5) is 5.50. The Morgan fingerprint density at radius 2 is 1.73 bits per heavy atom. The van der Waals surface area contributed by atoms with Crippen LogP contribution in [0.25, 0.3) is 10.9 Å². The molecule has 0 radical (unpaired) electrons. The summed E-state index contributed by atoms with van der Waals surface area (Å²) in [6, 6.07) is 16.4. The van der Waals surface area contributed by atoms with Crippen LogP contribution in [0.1, 0.15) is 17.2 Å². The molecule has 0 aliphatic heterocycles. The second-order valence-corrected chi connectivity index (χ2v) is 5.75.